The van der Waals surface area contributed by atoms with Crippen molar-refractivity contribution >= 4 is 21.6 Å². The van der Waals surface area contributed by atoms with Crippen molar-refractivity contribution in [2.45, 2.75) is 5.79 Å². The van der Waals surface area contributed by atoms with Crippen LogP contribution < -0.4 is 4.90 Å². The van der Waals surface area contributed by atoms with E-state index in [4.69, 9.17) is 9.47 Å². The van der Waals surface area contributed by atoms with Crippen LogP contribution in [-0.2, 0) is 9.47 Å². The van der Waals surface area contributed by atoms with Gasteiger partial charge in [0.25, 0.3) is 0 Å². The highest BCUT2D eigenvalue weighted by atomic mass is 79.9. The van der Waals surface area contributed by atoms with Crippen LogP contribution in [0.1, 0.15) is 0 Å². The molecule has 0 aromatic heterocycles. The molecule has 1 saturated heterocycles. The summed E-state index contributed by atoms with van der Waals surface area (Å²) in [7, 11) is 3.25. The molecule has 0 N–H and O–H groups in total. The molecule has 1 aliphatic rings. The third-order valence-corrected chi connectivity index (χ3v) is 3.49. The Morgan fingerprint density at radius 1 is 1.31 bits per heavy atom. The van der Waals surface area contributed by atoms with Gasteiger partial charge in [0.1, 0.15) is 5.82 Å². The maximum absolute atomic E-state index is 12.9. The molecule has 88 valence electrons. The molecule has 16 heavy (non-hydrogen) atoms. The Kier molecular flexibility index (Phi) is 3.19. The van der Waals surface area contributed by atoms with Crippen molar-refractivity contribution in [3.05, 3.63) is 28.5 Å². The van der Waals surface area contributed by atoms with Crippen LogP contribution in [0.4, 0.5) is 10.1 Å². The highest BCUT2D eigenvalue weighted by molar-refractivity contribution is 9.10. The first kappa shape index (κ1) is 11.8. The summed E-state index contributed by atoms with van der Waals surface area (Å²) in [6, 6.07) is 4.64. The molecule has 1 heterocycles. The maximum Gasteiger partial charge on any atom is 0.203 e. The fraction of sp³-hybridized carbons (Fsp3) is 0.455. The fourth-order valence-electron chi connectivity index (χ4n) is 1.78. The predicted molar refractivity (Wildman–Crippen MR) is 63.1 cm³/mol. The Balaban J connectivity index is 2.12. The van der Waals surface area contributed by atoms with Gasteiger partial charge in [0.05, 0.1) is 18.8 Å². The van der Waals surface area contributed by atoms with Crippen LogP contribution in [0.5, 0.6) is 0 Å². The average molecular weight is 290 g/mol. The molecule has 3 nitrogen and oxygen atoms in total. The minimum atomic E-state index is -0.520. The fourth-order valence-corrected chi connectivity index (χ4v) is 2.39. The summed E-state index contributed by atoms with van der Waals surface area (Å²) in [5.74, 6) is -0.769. The van der Waals surface area contributed by atoms with Crippen molar-refractivity contribution in [3.8, 4) is 0 Å². The summed E-state index contributed by atoms with van der Waals surface area (Å²) < 4.78 is 24.2. The molecule has 1 aromatic rings. The van der Waals surface area contributed by atoms with Crippen LogP contribution >= 0.6 is 15.9 Å². The Morgan fingerprint density at radius 3 is 2.44 bits per heavy atom. The van der Waals surface area contributed by atoms with Gasteiger partial charge in [-0.05, 0) is 34.1 Å². The van der Waals surface area contributed by atoms with Crippen molar-refractivity contribution in [2.75, 3.05) is 32.2 Å². The number of methoxy groups -OCH3 is 2. The standard InChI is InChI=1S/C11H13BrFNO2/c1-15-11(16-2)6-14(7-11)10-4-3-8(13)5-9(10)12/h3-5H,6-7H2,1-2H3. The minimum Gasteiger partial charge on any atom is -0.360 e. The zero-order valence-corrected chi connectivity index (χ0v) is 10.8. The zero-order valence-electron chi connectivity index (χ0n) is 9.17. The van der Waals surface area contributed by atoms with Gasteiger partial charge in [-0.3, -0.25) is 0 Å². The van der Waals surface area contributed by atoms with Gasteiger partial charge in [-0.2, -0.15) is 0 Å². The maximum atomic E-state index is 12.9. The van der Waals surface area contributed by atoms with E-state index in [0.29, 0.717) is 13.1 Å². The molecule has 0 amide bonds. The molecule has 0 unspecified atom stereocenters. The first-order valence-corrected chi connectivity index (χ1v) is 5.70. The number of anilines is 1. The van der Waals surface area contributed by atoms with Crippen LogP contribution in [-0.4, -0.2) is 33.1 Å². The smallest absolute Gasteiger partial charge is 0.203 e. The third kappa shape index (κ3) is 1.95. The lowest BCUT2D eigenvalue weighted by molar-refractivity contribution is -0.219. The second kappa shape index (κ2) is 4.31. The third-order valence-electron chi connectivity index (χ3n) is 2.86. The number of hydrogen-bond donors (Lipinski definition) is 0. The molecule has 1 aromatic carbocycles. The van der Waals surface area contributed by atoms with Gasteiger partial charge in [-0.15, -0.1) is 0 Å². The van der Waals surface area contributed by atoms with Gasteiger partial charge in [-0.1, -0.05) is 0 Å². The van der Waals surface area contributed by atoms with Gasteiger partial charge in [0, 0.05) is 18.7 Å². The highest BCUT2D eigenvalue weighted by Crippen LogP contribution is 2.35. The van der Waals surface area contributed by atoms with Crippen LogP contribution in [0.15, 0.2) is 22.7 Å². The molecular weight excluding hydrogens is 277 g/mol. The molecule has 1 aliphatic heterocycles. The number of nitrogens with zero attached hydrogens (tertiary/aromatic N) is 1. The van der Waals surface area contributed by atoms with Crippen molar-refractivity contribution in [1.82, 2.24) is 0 Å². The molecule has 2 rings (SSSR count). The SMILES string of the molecule is COC1(OC)CN(c2ccc(F)cc2Br)C1. The van der Waals surface area contributed by atoms with E-state index >= 15 is 0 Å². The summed E-state index contributed by atoms with van der Waals surface area (Å²) in [4.78, 5) is 2.07. The van der Waals surface area contributed by atoms with Crippen LogP contribution in [0.3, 0.4) is 0 Å². The molecular formula is C11H13BrFNO2. The van der Waals surface area contributed by atoms with E-state index in [9.17, 15) is 4.39 Å². The van der Waals surface area contributed by atoms with Gasteiger partial charge >= 0.3 is 0 Å². The van der Waals surface area contributed by atoms with E-state index in [1.807, 2.05) is 0 Å². The molecule has 0 radical (unpaired) electrons. The van der Waals surface area contributed by atoms with Crippen molar-refractivity contribution in [1.29, 1.82) is 0 Å². The number of ether oxygens (including phenoxy) is 2. The first-order valence-electron chi connectivity index (χ1n) is 4.90. The lowest BCUT2D eigenvalue weighted by atomic mass is 10.1. The summed E-state index contributed by atoms with van der Waals surface area (Å²) >= 11 is 3.34. The molecule has 0 saturated carbocycles. The number of hydrogen-bond acceptors (Lipinski definition) is 3. The second-order valence-electron chi connectivity index (χ2n) is 3.77. The van der Waals surface area contributed by atoms with Crippen LogP contribution in [0.25, 0.3) is 0 Å². The number of benzene rings is 1. The van der Waals surface area contributed by atoms with Crippen molar-refractivity contribution < 1.29 is 13.9 Å². The Hall–Kier alpha value is -0.650. The predicted octanol–water partition coefficient (Wildman–Crippen LogP) is 2.40. The number of rotatable bonds is 3. The van der Waals surface area contributed by atoms with Gasteiger partial charge in [-0.25, -0.2) is 4.39 Å². The Labute approximate surface area is 102 Å². The van der Waals surface area contributed by atoms with Gasteiger partial charge < -0.3 is 14.4 Å². The minimum absolute atomic E-state index is 0.249. The highest BCUT2D eigenvalue weighted by Gasteiger charge is 2.44. The normalized spacial score (nSPS) is 18.4. The summed E-state index contributed by atoms with van der Waals surface area (Å²) in [6.07, 6.45) is 0. The van der Waals surface area contributed by atoms with Crippen molar-refractivity contribution in [2.24, 2.45) is 0 Å². The monoisotopic (exact) mass is 289 g/mol. The lowest BCUT2D eigenvalue weighted by Crippen LogP contribution is -2.64. The van der Waals surface area contributed by atoms with Gasteiger partial charge in [0.2, 0.25) is 5.79 Å². The summed E-state index contributed by atoms with van der Waals surface area (Å²) in [6.45, 7) is 1.29. The van der Waals surface area contributed by atoms with E-state index in [1.54, 1.807) is 20.3 Å². The summed E-state index contributed by atoms with van der Waals surface area (Å²) in [5, 5.41) is 0. The van der Waals surface area contributed by atoms with Crippen LogP contribution in [0.2, 0.25) is 0 Å². The van der Waals surface area contributed by atoms with E-state index in [0.717, 1.165) is 10.2 Å². The molecule has 1 fully saturated rings. The van der Waals surface area contributed by atoms with E-state index in [1.165, 1.54) is 12.1 Å². The van der Waals surface area contributed by atoms with Crippen LogP contribution in [0, 0.1) is 5.82 Å². The lowest BCUT2D eigenvalue weighted by Gasteiger charge is -2.49. The molecule has 0 aliphatic carbocycles. The van der Waals surface area contributed by atoms with E-state index in [2.05, 4.69) is 20.8 Å². The quantitative estimate of drug-likeness (QED) is 0.798. The first-order chi connectivity index (χ1) is 7.60. The topological polar surface area (TPSA) is 21.7 Å². The average Bonchev–Trinajstić information content (AvgIpc) is 2.20. The Morgan fingerprint density at radius 2 is 1.94 bits per heavy atom. The molecule has 0 spiro atoms. The zero-order chi connectivity index (χ0) is 11.8. The molecule has 0 atom stereocenters. The Bertz CT molecular complexity index is 388. The van der Waals surface area contributed by atoms with Gasteiger partial charge in [0.15, 0.2) is 0 Å². The second-order valence-corrected chi connectivity index (χ2v) is 4.63. The number of halogens is 2. The molecule has 5 heteroatoms. The van der Waals surface area contributed by atoms with E-state index in [-0.39, 0.29) is 5.82 Å². The largest absolute Gasteiger partial charge is 0.360 e. The van der Waals surface area contributed by atoms with Crippen molar-refractivity contribution in [3.63, 3.8) is 0 Å². The van der Waals surface area contributed by atoms with E-state index < -0.39 is 5.79 Å². The summed E-state index contributed by atoms with van der Waals surface area (Å²) in [5.41, 5.74) is 0.950. The molecule has 0 bridgehead atoms.